The summed E-state index contributed by atoms with van der Waals surface area (Å²) in [5.41, 5.74) is 8.57. The van der Waals surface area contributed by atoms with Gasteiger partial charge in [0.1, 0.15) is 5.82 Å². The van der Waals surface area contributed by atoms with Gasteiger partial charge in [0, 0.05) is 27.7 Å². The maximum absolute atomic E-state index is 13.0. The SMILES string of the molecule is N#CC1=C(N)N(c2n[nH]c(=S)s2)C2=C(C(=O)CCC2)C1c1ccc(Cl)cc1Cl. The second-order valence-electron chi connectivity index (χ2n) is 6.38. The van der Waals surface area contributed by atoms with Crippen LogP contribution in [0.15, 0.2) is 40.9 Å². The summed E-state index contributed by atoms with van der Waals surface area (Å²) in [5, 5.41) is 18.2. The zero-order valence-corrected chi connectivity index (χ0v) is 17.5. The molecule has 1 aromatic carbocycles. The number of anilines is 1. The summed E-state index contributed by atoms with van der Waals surface area (Å²) >= 11 is 18.8. The van der Waals surface area contributed by atoms with E-state index in [1.807, 2.05) is 0 Å². The second-order valence-corrected chi connectivity index (χ2v) is 8.87. The largest absolute Gasteiger partial charge is 0.384 e. The van der Waals surface area contributed by atoms with E-state index in [-0.39, 0.29) is 17.2 Å². The van der Waals surface area contributed by atoms with Gasteiger partial charge in [0.05, 0.1) is 17.6 Å². The molecule has 1 atom stereocenters. The molecule has 142 valence electrons. The predicted octanol–water partition coefficient (Wildman–Crippen LogP) is 4.81. The van der Waals surface area contributed by atoms with E-state index in [1.165, 1.54) is 11.3 Å². The number of allylic oxidation sites excluding steroid dienone is 3. The first-order chi connectivity index (χ1) is 13.4. The number of aromatic amines is 1. The van der Waals surface area contributed by atoms with E-state index in [9.17, 15) is 10.1 Å². The molecule has 2 aromatic rings. The fourth-order valence-electron chi connectivity index (χ4n) is 3.67. The zero-order chi connectivity index (χ0) is 20.0. The van der Waals surface area contributed by atoms with Gasteiger partial charge in [-0.25, -0.2) is 0 Å². The third kappa shape index (κ3) is 3.05. The molecule has 0 saturated carbocycles. The lowest BCUT2D eigenvalue weighted by molar-refractivity contribution is -0.116. The van der Waals surface area contributed by atoms with Crippen LogP contribution in [0.3, 0.4) is 0 Å². The van der Waals surface area contributed by atoms with Crippen LogP contribution in [0.5, 0.6) is 0 Å². The van der Waals surface area contributed by atoms with Crippen molar-refractivity contribution in [1.29, 1.82) is 5.26 Å². The molecule has 0 bridgehead atoms. The highest BCUT2D eigenvalue weighted by molar-refractivity contribution is 7.73. The second kappa shape index (κ2) is 7.33. The first-order valence-corrected chi connectivity index (χ1v) is 10.4. The number of nitrogens with zero attached hydrogens (tertiary/aromatic N) is 3. The molecule has 10 heteroatoms. The Hall–Kier alpha value is -2.18. The number of nitrogens with one attached hydrogen (secondary N) is 1. The van der Waals surface area contributed by atoms with Crippen molar-refractivity contribution in [2.24, 2.45) is 5.73 Å². The van der Waals surface area contributed by atoms with Crippen molar-refractivity contribution in [2.45, 2.75) is 25.2 Å². The average molecular weight is 450 g/mol. The summed E-state index contributed by atoms with van der Waals surface area (Å²) in [5.74, 6) is -0.438. The van der Waals surface area contributed by atoms with Crippen LogP contribution in [-0.4, -0.2) is 16.0 Å². The molecule has 2 aliphatic rings. The van der Waals surface area contributed by atoms with Gasteiger partial charge in [-0.15, -0.1) is 5.10 Å². The number of nitrogens with two attached hydrogens (primary N) is 1. The number of rotatable bonds is 2. The van der Waals surface area contributed by atoms with Crippen molar-refractivity contribution in [3.05, 3.63) is 60.4 Å². The number of hydrogen-bond acceptors (Lipinski definition) is 7. The van der Waals surface area contributed by atoms with Crippen molar-refractivity contribution in [2.75, 3.05) is 4.90 Å². The molecule has 4 rings (SSSR count). The van der Waals surface area contributed by atoms with Crippen LogP contribution in [0.2, 0.25) is 10.0 Å². The van der Waals surface area contributed by atoms with Crippen molar-refractivity contribution in [1.82, 2.24) is 10.2 Å². The lowest BCUT2D eigenvalue weighted by Gasteiger charge is -2.38. The molecule has 0 fully saturated rings. The summed E-state index contributed by atoms with van der Waals surface area (Å²) < 4.78 is 0.480. The summed E-state index contributed by atoms with van der Waals surface area (Å²) in [6, 6.07) is 7.20. The Labute approximate surface area is 179 Å². The third-order valence-corrected chi connectivity index (χ3v) is 6.44. The van der Waals surface area contributed by atoms with Crippen molar-refractivity contribution in [3.63, 3.8) is 0 Å². The van der Waals surface area contributed by atoms with E-state index in [1.54, 1.807) is 23.1 Å². The number of benzene rings is 1. The van der Waals surface area contributed by atoms with Gasteiger partial charge >= 0.3 is 0 Å². The molecule has 1 aromatic heterocycles. The molecular formula is C18H13Cl2N5OS2. The minimum absolute atomic E-state index is 0.0263. The number of aromatic nitrogens is 2. The van der Waals surface area contributed by atoms with Crippen molar-refractivity contribution >= 4 is 57.7 Å². The standard InChI is InChI=1S/C18H13Cl2N5OS2/c19-8-4-5-9(11(20)6-8)14-10(7-21)16(22)25(17-23-24-18(27)28-17)12-2-1-3-13(26)15(12)14/h4-6,14H,1-3,22H2,(H,24,27). The molecule has 1 unspecified atom stereocenters. The fourth-order valence-corrected chi connectivity index (χ4v) is 5.10. The van der Waals surface area contributed by atoms with Crippen molar-refractivity contribution in [3.8, 4) is 6.07 Å². The Morgan fingerprint density at radius 1 is 1.39 bits per heavy atom. The minimum Gasteiger partial charge on any atom is -0.384 e. The highest BCUT2D eigenvalue weighted by Crippen LogP contribution is 2.48. The lowest BCUT2D eigenvalue weighted by Crippen LogP contribution is -2.38. The van der Waals surface area contributed by atoms with Crippen LogP contribution in [0.25, 0.3) is 0 Å². The molecular weight excluding hydrogens is 437 g/mol. The topological polar surface area (TPSA) is 98.8 Å². The van der Waals surface area contributed by atoms with Crippen LogP contribution in [0, 0.1) is 15.3 Å². The van der Waals surface area contributed by atoms with Crippen LogP contribution in [0.1, 0.15) is 30.7 Å². The summed E-state index contributed by atoms with van der Waals surface area (Å²) in [6.45, 7) is 0. The fraction of sp³-hybridized carbons (Fsp3) is 0.222. The van der Waals surface area contributed by atoms with Gasteiger partial charge < -0.3 is 5.73 Å². The molecule has 0 saturated heterocycles. The number of nitriles is 1. The van der Waals surface area contributed by atoms with Gasteiger partial charge in [-0.2, -0.15) is 5.26 Å². The first kappa shape index (κ1) is 19.2. The predicted molar refractivity (Wildman–Crippen MR) is 112 cm³/mol. The van der Waals surface area contributed by atoms with E-state index >= 15 is 0 Å². The normalized spacial score (nSPS) is 19.7. The summed E-state index contributed by atoms with van der Waals surface area (Å²) in [6.07, 6.45) is 1.73. The monoisotopic (exact) mass is 449 g/mol. The van der Waals surface area contributed by atoms with Crippen LogP contribution in [-0.2, 0) is 4.79 Å². The van der Waals surface area contributed by atoms with Gasteiger partial charge in [-0.1, -0.05) is 40.6 Å². The van der Waals surface area contributed by atoms with Gasteiger partial charge in [-0.3, -0.25) is 14.8 Å². The molecule has 0 amide bonds. The maximum atomic E-state index is 13.0. The van der Waals surface area contributed by atoms with E-state index in [4.69, 9.17) is 41.2 Å². The van der Waals surface area contributed by atoms with E-state index in [0.717, 1.165) is 5.70 Å². The first-order valence-electron chi connectivity index (χ1n) is 8.39. The smallest absolute Gasteiger partial charge is 0.216 e. The van der Waals surface area contributed by atoms with Crippen molar-refractivity contribution < 1.29 is 4.79 Å². The summed E-state index contributed by atoms with van der Waals surface area (Å²) in [7, 11) is 0. The molecule has 0 radical (unpaired) electrons. The highest BCUT2D eigenvalue weighted by Gasteiger charge is 2.41. The van der Waals surface area contributed by atoms with Gasteiger partial charge in [0.25, 0.3) is 0 Å². The minimum atomic E-state index is -0.638. The number of halogens is 2. The Morgan fingerprint density at radius 2 is 2.18 bits per heavy atom. The van der Waals surface area contributed by atoms with E-state index < -0.39 is 5.92 Å². The number of hydrogen-bond donors (Lipinski definition) is 2. The van der Waals surface area contributed by atoms with Gasteiger partial charge in [0.2, 0.25) is 5.13 Å². The quantitative estimate of drug-likeness (QED) is 0.637. The number of ketones is 1. The Balaban J connectivity index is 2.00. The molecule has 0 spiro atoms. The maximum Gasteiger partial charge on any atom is 0.216 e. The molecule has 1 aliphatic carbocycles. The molecule has 28 heavy (non-hydrogen) atoms. The summed E-state index contributed by atoms with van der Waals surface area (Å²) in [4.78, 5) is 14.6. The van der Waals surface area contributed by atoms with Crippen LogP contribution >= 0.6 is 46.8 Å². The highest BCUT2D eigenvalue weighted by atomic mass is 35.5. The van der Waals surface area contributed by atoms with Crippen LogP contribution < -0.4 is 10.6 Å². The number of carbonyl (C=O) groups is 1. The average Bonchev–Trinajstić information content (AvgIpc) is 3.07. The molecule has 2 heterocycles. The zero-order valence-electron chi connectivity index (χ0n) is 14.3. The van der Waals surface area contributed by atoms with Crippen LogP contribution in [0.4, 0.5) is 5.13 Å². The molecule has 3 N–H and O–H groups in total. The lowest BCUT2D eigenvalue weighted by atomic mass is 9.76. The Kier molecular flexibility index (Phi) is 5.02. The van der Waals surface area contributed by atoms with Gasteiger partial charge in [0.15, 0.2) is 9.74 Å². The van der Waals surface area contributed by atoms with E-state index in [0.29, 0.717) is 49.5 Å². The molecule has 6 nitrogen and oxygen atoms in total. The number of carbonyl (C=O) groups excluding carboxylic acids is 1. The number of H-pyrrole nitrogens is 1. The Morgan fingerprint density at radius 3 is 2.82 bits per heavy atom. The van der Waals surface area contributed by atoms with Gasteiger partial charge in [-0.05, 0) is 42.8 Å². The number of Topliss-reactive ketones (excluding diaryl/α,β-unsaturated/α-hetero) is 1. The third-order valence-electron chi connectivity index (χ3n) is 4.80. The Bertz CT molecular complexity index is 1160. The van der Waals surface area contributed by atoms with E-state index in [2.05, 4.69) is 16.3 Å². The molecule has 1 aliphatic heterocycles.